The van der Waals surface area contributed by atoms with Crippen LogP contribution >= 0.6 is 0 Å². The fourth-order valence-electron chi connectivity index (χ4n) is 12.4. The minimum Gasteiger partial charge on any atom is -0.394 e. The molecule has 17 rings (SSSR count). The van der Waals surface area contributed by atoms with Gasteiger partial charge in [-0.05, 0) is 38.1 Å². The van der Waals surface area contributed by atoms with Gasteiger partial charge in [0.2, 0.25) is 0 Å². The summed E-state index contributed by atoms with van der Waals surface area (Å²) in [6, 6.07) is 9.92. The monoisotopic (exact) mass is 1440 g/mol. The maximum atomic E-state index is 14.1. The quantitative estimate of drug-likeness (QED) is 0.0828. The molecule has 2 aromatic rings. The summed E-state index contributed by atoms with van der Waals surface area (Å²) in [5, 5.41) is 216. The first-order valence-electron chi connectivity index (χ1n) is 30.6. The SMILES string of the molecule is Cc1ccc(S(=O)(=O)O[C@H]2[C@H]3O[C@H]4[C@H](O)[C@@H](O)[C@@H](O[C@H]5[C@H](O)[C@@H](O)[C@@H](O[C@H]6[C@H](O)[C@@H](O)[C@@H](O[C@H]7[C@H](O)[C@@H](O)[C@@H](O[C@H]8[C@H](O)[C@@H](OS(=O)(=O)c9ccc(C)cc9)[C@@H](O[C@H]9[C@H](O)[C@@H](O)[C@@H](O[C@@H]([C@@H]2O)[C@@H](CO)O3)O[C@@H]9CO)O[C@@H]8CO)O[C@@H]7CO)O[C@@H]6CO)O[C@@H]5CO)O[C@@H]4CO)cc1. The van der Waals surface area contributed by atoms with Crippen LogP contribution in [0.1, 0.15) is 11.1 Å². The van der Waals surface area contributed by atoms with Crippen LogP contribution in [0.25, 0.3) is 0 Å². The second-order valence-corrected chi connectivity index (χ2v) is 27.5. The summed E-state index contributed by atoms with van der Waals surface area (Å²) in [6.45, 7) is -4.93. The molecule has 41 heteroatoms. The van der Waals surface area contributed by atoms with Gasteiger partial charge in [-0.2, -0.15) is 16.8 Å². The third kappa shape index (κ3) is 15.7. The van der Waals surface area contributed by atoms with Gasteiger partial charge in [0.25, 0.3) is 20.2 Å². The number of aliphatic hydroxyl groups is 19. The third-order valence-electron chi connectivity index (χ3n) is 17.8. The van der Waals surface area contributed by atoms with Crippen molar-refractivity contribution >= 4 is 20.2 Å². The Balaban J connectivity index is 1.01. The van der Waals surface area contributed by atoms with E-state index in [-0.39, 0.29) is 0 Å². The smallest absolute Gasteiger partial charge is 0.297 e. The molecule has 2 aromatic carbocycles. The molecular formula is C56H82O39S2. The predicted molar refractivity (Wildman–Crippen MR) is 303 cm³/mol. The summed E-state index contributed by atoms with van der Waals surface area (Å²) >= 11 is 0. The Morgan fingerprint density at radius 3 is 0.639 bits per heavy atom. The highest BCUT2D eigenvalue weighted by molar-refractivity contribution is 7.87. The average Bonchev–Trinajstić information content (AvgIpc) is 0.777. The van der Waals surface area contributed by atoms with Gasteiger partial charge in [-0.25, -0.2) is 0 Å². The lowest BCUT2D eigenvalue weighted by Crippen LogP contribution is -2.68. The maximum absolute atomic E-state index is 14.1. The Labute approximate surface area is 551 Å². The lowest BCUT2D eigenvalue weighted by atomic mass is 9.95. The molecule has 15 saturated heterocycles. The van der Waals surface area contributed by atoms with E-state index in [0.29, 0.717) is 11.1 Å². The topological polar surface area (TPSA) is 600 Å². The van der Waals surface area contributed by atoms with E-state index < -0.39 is 291 Å². The molecule has 0 radical (unpaired) electrons. The Bertz CT molecular complexity index is 2990. The first kappa shape index (κ1) is 76.6. The maximum Gasteiger partial charge on any atom is 0.297 e. The molecule has 15 aliphatic heterocycles. The average molecular weight is 1440 g/mol. The van der Waals surface area contributed by atoms with Crippen LogP contribution in [0.5, 0.6) is 0 Å². The zero-order valence-corrected chi connectivity index (χ0v) is 52.9. The zero-order valence-electron chi connectivity index (χ0n) is 51.3. The van der Waals surface area contributed by atoms with E-state index in [9.17, 15) is 114 Å². The van der Waals surface area contributed by atoms with Crippen molar-refractivity contribution in [3.63, 3.8) is 0 Å². The van der Waals surface area contributed by atoms with Crippen molar-refractivity contribution in [2.45, 2.75) is 239 Å². The molecule has 0 saturated carbocycles. The van der Waals surface area contributed by atoms with Crippen molar-refractivity contribution in [2.24, 2.45) is 0 Å². The van der Waals surface area contributed by atoms with E-state index in [1.807, 2.05) is 0 Å². The molecule has 35 atom stereocenters. The molecule has 39 nitrogen and oxygen atoms in total. The second-order valence-electron chi connectivity index (χ2n) is 24.3. The van der Waals surface area contributed by atoms with Crippen LogP contribution in [0.3, 0.4) is 0 Å². The number of aryl methyl sites for hydroxylation is 2. The van der Waals surface area contributed by atoms with Crippen LogP contribution in [0.4, 0.5) is 0 Å². The molecule has 19 N–H and O–H groups in total. The van der Waals surface area contributed by atoms with Crippen molar-refractivity contribution in [3.05, 3.63) is 59.7 Å². The molecule has 15 fully saturated rings. The standard InChI is InChI=1S/C56H82O39S2/c1-18-3-7-20(8-4-18)96(76,77)94-48-39(74)46-27(16-62)85-56(48)93-45-26(15-61)84-54(38(73)33(45)68)91-47-28(17-63)86-55(49(40(47)75)95-97(78,79)21-9-5-19(2)6-10-21)92-44-25(14-60)83-52(37(72)32(44)67)89-42-23(12-58)81-50(35(70)30(42)65)87-41-22(11-57)80-51(34(69)29(41)64)88-43-24(13-59)82-53(90-46)36(71)31(43)66/h3-10,22-75H,11-17H2,1-2H3/t22-,23-,24-,25-,26-,27-,28-,29-,30-,31-,32-,33-,34-,35-,36-,37-,38-,39+,40+,41-,42-,43-,44-,45-,46-,47-,48-,49-,50-,51-,52-,53-,54-,55-,56-/m1/s1. The first-order chi connectivity index (χ1) is 46.0. The Kier molecular flexibility index (Phi) is 25.2. The van der Waals surface area contributed by atoms with E-state index >= 15 is 0 Å². The highest BCUT2D eigenvalue weighted by Crippen LogP contribution is 2.41. The van der Waals surface area contributed by atoms with E-state index in [1.165, 1.54) is 24.3 Å². The number of fused-ring (bicyclic) bond motifs is 7. The highest BCUT2D eigenvalue weighted by atomic mass is 32.2. The molecule has 0 spiro atoms. The number of hydrogen-bond acceptors (Lipinski definition) is 39. The molecule has 15 heterocycles. The van der Waals surface area contributed by atoms with Crippen molar-refractivity contribution in [3.8, 4) is 0 Å². The molecule has 97 heavy (non-hydrogen) atoms. The Morgan fingerprint density at radius 1 is 0.268 bits per heavy atom. The number of hydrogen-bond donors (Lipinski definition) is 19. The van der Waals surface area contributed by atoms with Crippen molar-refractivity contribution in [1.82, 2.24) is 0 Å². The van der Waals surface area contributed by atoms with Gasteiger partial charge >= 0.3 is 0 Å². The van der Waals surface area contributed by atoms with Crippen LogP contribution in [0.2, 0.25) is 0 Å². The van der Waals surface area contributed by atoms with E-state index in [4.69, 9.17) is 74.7 Å². The van der Waals surface area contributed by atoms with Crippen LogP contribution in [-0.4, -0.2) is 375 Å². The molecular weight excluding hydrogens is 1360 g/mol. The summed E-state index contributed by atoms with van der Waals surface area (Å²) in [5.74, 6) is 0. The van der Waals surface area contributed by atoms with Crippen molar-refractivity contribution < 1.29 is 189 Å². The fraction of sp³-hybridized carbons (Fsp3) is 0.786. The van der Waals surface area contributed by atoms with Gasteiger partial charge < -0.3 is 163 Å². The van der Waals surface area contributed by atoms with Crippen LogP contribution in [0, 0.1) is 13.8 Å². The van der Waals surface area contributed by atoms with Gasteiger partial charge in [-0.15, -0.1) is 0 Å². The molecule has 0 amide bonds. The third-order valence-corrected chi connectivity index (χ3v) is 20.5. The Hall–Kier alpha value is -3.06. The normalized spacial score (nSPS) is 46.7. The first-order valence-corrected chi connectivity index (χ1v) is 33.4. The zero-order chi connectivity index (χ0) is 70.4. The van der Waals surface area contributed by atoms with E-state index in [2.05, 4.69) is 0 Å². The molecule has 0 unspecified atom stereocenters. The van der Waals surface area contributed by atoms with Crippen molar-refractivity contribution in [1.29, 1.82) is 0 Å². The van der Waals surface area contributed by atoms with Crippen molar-refractivity contribution in [2.75, 3.05) is 46.2 Å². The molecule has 552 valence electrons. The fourth-order valence-corrected chi connectivity index (χ4v) is 14.6. The van der Waals surface area contributed by atoms with Crippen LogP contribution in [-0.2, 0) is 94.9 Å². The van der Waals surface area contributed by atoms with E-state index in [1.54, 1.807) is 13.8 Å². The number of benzene rings is 2. The van der Waals surface area contributed by atoms with Gasteiger partial charge in [-0.3, -0.25) is 8.37 Å². The lowest BCUT2D eigenvalue weighted by Gasteiger charge is -2.50. The minimum absolute atomic E-state index is 0.532. The molecule has 0 aliphatic carbocycles. The summed E-state index contributed by atoms with van der Waals surface area (Å²) in [6.07, 6.45) is -76.4. The van der Waals surface area contributed by atoms with E-state index in [0.717, 1.165) is 24.3 Å². The number of ether oxygens (including phenoxy) is 14. The van der Waals surface area contributed by atoms with Gasteiger partial charge in [0.1, 0.15) is 159 Å². The Morgan fingerprint density at radius 2 is 0.443 bits per heavy atom. The minimum atomic E-state index is -5.08. The largest absolute Gasteiger partial charge is 0.394 e. The molecule has 15 aliphatic rings. The number of aliphatic hydroxyl groups excluding tert-OH is 19. The van der Waals surface area contributed by atoms with Crippen LogP contribution in [0.15, 0.2) is 58.3 Å². The van der Waals surface area contributed by atoms with Crippen LogP contribution < -0.4 is 0 Å². The van der Waals surface area contributed by atoms with Gasteiger partial charge in [0.05, 0.1) is 56.0 Å². The summed E-state index contributed by atoms with van der Waals surface area (Å²) < 4.78 is 149. The summed E-state index contributed by atoms with van der Waals surface area (Å²) in [5.41, 5.74) is 1.16. The molecule has 14 bridgehead atoms. The van der Waals surface area contributed by atoms with Gasteiger partial charge in [-0.1, -0.05) is 35.4 Å². The summed E-state index contributed by atoms with van der Waals surface area (Å²) in [4.78, 5) is -1.06. The molecule has 0 aromatic heterocycles. The highest BCUT2D eigenvalue weighted by Gasteiger charge is 2.61. The lowest BCUT2D eigenvalue weighted by molar-refractivity contribution is -0.396. The predicted octanol–water partition coefficient (Wildman–Crippen LogP) is -11.8. The second kappa shape index (κ2) is 31.9. The summed E-state index contributed by atoms with van der Waals surface area (Å²) in [7, 11) is -10.2. The van der Waals surface area contributed by atoms with Gasteiger partial charge in [0.15, 0.2) is 56.2 Å². The van der Waals surface area contributed by atoms with Gasteiger partial charge in [0, 0.05) is 0 Å². The number of rotatable bonds is 13.